The van der Waals surface area contributed by atoms with Crippen LogP contribution in [0.1, 0.15) is 47.2 Å². The van der Waals surface area contributed by atoms with Crippen LogP contribution in [-0.2, 0) is 10.0 Å². The van der Waals surface area contributed by atoms with Crippen LogP contribution in [0.2, 0.25) is 0 Å². The molecule has 2 aliphatic rings. The van der Waals surface area contributed by atoms with Crippen LogP contribution in [0.15, 0.2) is 58.2 Å². The molecular formula is C27H30N4O4S. The van der Waals surface area contributed by atoms with Gasteiger partial charge < -0.3 is 4.90 Å². The minimum atomic E-state index is -4.11. The van der Waals surface area contributed by atoms with Gasteiger partial charge in [0.1, 0.15) is 0 Å². The van der Waals surface area contributed by atoms with E-state index in [1.165, 1.54) is 31.0 Å². The fraction of sp³-hybridized carbons (Fsp3) is 0.370. The highest BCUT2D eigenvalue weighted by molar-refractivity contribution is 7.92. The Morgan fingerprint density at radius 2 is 1.72 bits per heavy atom. The number of hydrogen-bond donors (Lipinski definition) is 2. The van der Waals surface area contributed by atoms with Crippen molar-refractivity contribution in [3.63, 3.8) is 0 Å². The molecule has 9 heteroatoms. The van der Waals surface area contributed by atoms with Gasteiger partial charge in [-0.3, -0.25) is 14.6 Å². The predicted molar refractivity (Wildman–Crippen MR) is 138 cm³/mol. The molecule has 36 heavy (non-hydrogen) atoms. The summed E-state index contributed by atoms with van der Waals surface area (Å²) in [5.41, 5.74) is 2.84. The van der Waals surface area contributed by atoms with Crippen LogP contribution in [0, 0.1) is 25.7 Å². The number of amides is 1. The Balaban J connectivity index is 1.39. The molecule has 8 nitrogen and oxygen atoms in total. The van der Waals surface area contributed by atoms with Crippen LogP contribution in [-0.4, -0.2) is 42.3 Å². The maximum absolute atomic E-state index is 13.2. The van der Waals surface area contributed by atoms with E-state index in [0.29, 0.717) is 17.2 Å². The third-order valence-electron chi connectivity index (χ3n) is 7.44. The molecule has 0 unspecified atom stereocenters. The van der Waals surface area contributed by atoms with Crippen molar-refractivity contribution < 1.29 is 13.2 Å². The number of benzene rings is 2. The predicted octanol–water partition coefficient (Wildman–Crippen LogP) is 4.12. The first-order chi connectivity index (χ1) is 17.1. The number of aromatic nitrogens is 2. The van der Waals surface area contributed by atoms with E-state index >= 15 is 0 Å². The summed E-state index contributed by atoms with van der Waals surface area (Å²) in [5, 5.41) is 0. The van der Waals surface area contributed by atoms with Gasteiger partial charge in [0.15, 0.2) is 0 Å². The lowest BCUT2D eigenvalue weighted by atomic mass is 9.75. The van der Waals surface area contributed by atoms with E-state index in [0.717, 1.165) is 35.4 Å². The van der Waals surface area contributed by atoms with Crippen molar-refractivity contribution in [3.8, 4) is 11.3 Å². The molecule has 1 aromatic heterocycles. The van der Waals surface area contributed by atoms with Gasteiger partial charge in [-0.1, -0.05) is 24.3 Å². The van der Waals surface area contributed by atoms with Crippen molar-refractivity contribution in [1.29, 1.82) is 0 Å². The number of hydrogen-bond acceptors (Lipinski definition) is 5. The number of rotatable bonds is 7. The van der Waals surface area contributed by atoms with Gasteiger partial charge in [-0.05, 0) is 80.7 Å². The molecule has 0 radical (unpaired) electrons. The van der Waals surface area contributed by atoms with E-state index in [-0.39, 0.29) is 22.8 Å². The molecule has 1 heterocycles. The molecule has 2 fully saturated rings. The van der Waals surface area contributed by atoms with Crippen LogP contribution in [0.25, 0.3) is 11.3 Å². The first-order valence-electron chi connectivity index (χ1n) is 12.2. The number of sulfonamides is 1. The number of carbonyl (C=O) groups excluding carboxylic acids is 1. The molecule has 2 atom stereocenters. The maximum atomic E-state index is 13.2. The Morgan fingerprint density at radius 1 is 1.03 bits per heavy atom. The fourth-order valence-electron chi connectivity index (χ4n) is 5.25. The number of aryl methyl sites for hydroxylation is 2. The normalized spacial score (nSPS) is 19.4. The van der Waals surface area contributed by atoms with Gasteiger partial charge >= 0.3 is 0 Å². The van der Waals surface area contributed by atoms with E-state index in [1.807, 2.05) is 32.0 Å². The SMILES string of the molecule is Cc1cccc(C)c1-c1cc(=O)[nH]c(NS(=O)(=O)c2cccc(C(=O)N(C)[C@@H]3CC[C@@H]3C3CC3)c2)n1. The third kappa shape index (κ3) is 4.67. The summed E-state index contributed by atoms with van der Waals surface area (Å²) < 4.78 is 28.8. The standard InChI is InChI=1S/C27H30N4O4S/c1-16-6-4-7-17(2)25(16)22-15-24(32)29-27(28-22)30-36(34,35)20-9-5-8-19(14-20)26(33)31(3)23-13-12-21(23)18-10-11-18/h4-9,14-15,18,21,23H,10-13H2,1-3H3,(H2,28,29,30,32)/t21-,23-/m1/s1. The molecule has 3 aromatic rings. The number of carbonyl (C=O) groups is 1. The van der Waals surface area contributed by atoms with Crippen molar-refractivity contribution in [3.05, 3.63) is 75.6 Å². The molecule has 0 saturated heterocycles. The maximum Gasteiger partial charge on any atom is 0.264 e. The summed E-state index contributed by atoms with van der Waals surface area (Å²) in [6.07, 6.45) is 4.61. The van der Waals surface area contributed by atoms with E-state index in [1.54, 1.807) is 24.1 Å². The smallest absolute Gasteiger partial charge is 0.264 e. The van der Waals surface area contributed by atoms with Gasteiger partial charge in [0.2, 0.25) is 5.95 Å². The monoisotopic (exact) mass is 506 g/mol. The van der Waals surface area contributed by atoms with Gasteiger partial charge in [0.05, 0.1) is 10.6 Å². The van der Waals surface area contributed by atoms with Gasteiger partial charge in [0.25, 0.3) is 21.5 Å². The zero-order valence-corrected chi connectivity index (χ0v) is 21.4. The average molecular weight is 507 g/mol. The Bertz CT molecular complexity index is 1470. The Labute approximate surface area is 210 Å². The number of aromatic amines is 1. The molecule has 5 rings (SSSR count). The van der Waals surface area contributed by atoms with E-state index in [2.05, 4.69) is 14.7 Å². The summed E-state index contributed by atoms with van der Waals surface area (Å²) in [4.78, 5) is 34.0. The number of H-pyrrole nitrogens is 1. The zero-order valence-electron chi connectivity index (χ0n) is 20.6. The van der Waals surface area contributed by atoms with Gasteiger partial charge in [-0.15, -0.1) is 0 Å². The lowest BCUT2D eigenvalue weighted by molar-refractivity contribution is 0.0442. The van der Waals surface area contributed by atoms with E-state index < -0.39 is 15.6 Å². The molecule has 0 spiro atoms. The molecule has 0 aliphatic heterocycles. The third-order valence-corrected chi connectivity index (χ3v) is 8.77. The highest BCUT2D eigenvalue weighted by Crippen LogP contribution is 2.48. The van der Waals surface area contributed by atoms with Gasteiger partial charge in [0, 0.05) is 30.3 Å². The summed E-state index contributed by atoms with van der Waals surface area (Å²) in [5.74, 6) is 0.907. The molecule has 2 aromatic carbocycles. The molecule has 2 saturated carbocycles. The summed E-state index contributed by atoms with van der Waals surface area (Å²) in [7, 11) is -2.31. The van der Waals surface area contributed by atoms with Gasteiger partial charge in [-0.25, -0.2) is 18.1 Å². The first-order valence-corrected chi connectivity index (χ1v) is 13.7. The molecule has 188 valence electrons. The topological polar surface area (TPSA) is 112 Å². The quantitative estimate of drug-likeness (QED) is 0.501. The molecule has 1 amide bonds. The molecule has 2 N–H and O–H groups in total. The van der Waals surface area contributed by atoms with Crippen molar-refractivity contribution in [2.24, 2.45) is 11.8 Å². The fourth-order valence-corrected chi connectivity index (χ4v) is 6.26. The number of nitrogens with one attached hydrogen (secondary N) is 2. The second-order valence-corrected chi connectivity index (χ2v) is 11.6. The van der Waals surface area contributed by atoms with Crippen LogP contribution in [0.4, 0.5) is 5.95 Å². The Kier molecular flexibility index (Phi) is 6.20. The lowest BCUT2D eigenvalue weighted by Gasteiger charge is -2.43. The first kappa shape index (κ1) is 24.2. The minimum Gasteiger partial charge on any atom is -0.338 e. The largest absolute Gasteiger partial charge is 0.338 e. The average Bonchev–Trinajstić information content (AvgIpc) is 3.62. The molecular weight excluding hydrogens is 476 g/mol. The lowest BCUT2D eigenvalue weighted by Crippen LogP contribution is -2.48. The van der Waals surface area contributed by atoms with Crippen LogP contribution < -0.4 is 10.3 Å². The van der Waals surface area contributed by atoms with Crippen molar-refractivity contribution in [1.82, 2.24) is 14.9 Å². The van der Waals surface area contributed by atoms with Crippen molar-refractivity contribution in [2.75, 3.05) is 11.8 Å². The minimum absolute atomic E-state index is 0.0748. The van der Waals surface area contributed by atoms with Crippen LogP contribution in [0.3, 0.4) is 0 Å². The number of nitrogens with zero attached hydrogens (tertiary/aromatic N) is 2. The second kappa shape index (κ2) is 9.20. The van der Waals surface area contributed by atoms with E-state index in [4.69, 9.17) is 0 Å². The Hall–Kier alpha value is -3.46. The van der Waals surface area contributed by atoms with Gasteiger partial charge in [-0.2, -0.15) is 0 Å². The summed E-state index contributed by atoms with van der Waals surface area (Å²) >= 11 is 0. The van der Waals surface area contributed by atoms with Crippen molar-refractivity contribution >= 4 is 21.9 Å². The zero-order chi connectivity index (χ0) is 25.6. The Morgan fingerprint density at radius 3 is 2.36 bits per heavy atom. The highest BCUT2D eigenvalue weighted by atomic mass is 32.2. The van der Waals surface area contributed by atoms with Crippen LogP contribution >= 0.6 is 0 Å². The van der Waals surface area contributed by atoms with E-state index in [9.17, 15) is 18.0 Å². The van der Waals surface area contributed by atoms with Crippen LogP contribution in [0.5, 0.6) is 0 Å². The van der Waals surface area contributed by atoms with Crippen molar-refractivity contribution in [2.45, 2.75) is 50.5 Å². The summed E-state index contributed by atoms with van der Waals surface area (Å²) in [6.45, 7) is 3.82. The second-order valence-electron chi connectivity index (χ2n) is 9.94. The number of anilines is 1. The summed E-state index contributed by atoms with van der Waals surface area (Å²) in [6, 6.07) is 13.3. The molecule has 2 aliphatic carbocycles. The molecule has 0 bridgehead atoms. The highest BCUT2D eigenvalue weighted by Gasteiger charge is 2.44.